The van der Waals surface area contributed by atoms with Crippen LogP contribution in [-0.4, -0.2) is 63.7 Å². The topological polar surface area (TPSA) is 98.9 Å². The van der Waals surface area contributed by atoms with Crippen molar-refractivity contribution in [2.45, 2.75) is 58.2 Å². The molecule has 1 fully saturated rings. The monoisotopic (exact) mass is 618 g/mol. The molecule has 2 aromatic heterocycles. The molecule has 2 aromatic carbocycles. The number of halogens is 2. The molecular weight excluding hydrogens is 582 g/mol. The predicted molar refractivity (Wildman–Crippen MR) is 163 cm³/mol. The van der Waals surface area contributed by atoms with Crippen molar-refractivity contribution in [2.24, 2.45) is 0 Å². The van der Waals surface area contributed by atoms with Crippen LogP contribution < -0.4 is 9.47 Å². The summed E-state index contributed by atoms with van der Waals surface area (Å²) in [5, 5.41) is 13.6. The number of para-hydroxylation sites is 1. The number of hydrogen-bond acceptors (Lipinski definition) is 7. The number of hydrogen-bond donors (Lipinski definition) is 1. The highest BCUT2D eigenvalue weighted by Gasteiger charge is 2.31. The van der Waals surface area contributed by atoms with Crippen molar-refractivity contribution in [2.75, 3.05) is 26.9 Å². The van der Waals surface area contributed by atoms with Gasteiger partial charge in [-0.1, -0.05) is 24.3 Å². The van der Waals surface area contributed by atoms with Gasteiger partial charge in [-0.2, -0.15) is 9.78 Å². The van der Waals surface area contributed by atoms with E-state index in [-0.39, 0.29) is 35.2 Å². The molecule has 4 heterocycles. The van der Waals surface area contributed by atoms with E-state index in [2.05, 4.69) is 28.0 Å². The lowest BCUT2D eigenvalue weighted by molar-refractivity contribution is 0.0143. The van der Waals surface area contributed by atoms with E-state index in [9.17, 15) is 18.7 Å². The number of aromatic carboxylic acids is 1. The van der Waals surface area contributed by atoms with Gasteiger partial charge < -0.3 is 19.3 Å². The molecule has 1 saturated heterocycles. The minimum Gasteiger partial charge on any atom is -0.488 e. The zero-order valence-electron chi connectivity index (χ0n) is 25.6. The van der Waals surface area contributed by atoms with Crippen LogP contribution in [0.2, 0.25) is 0 Å². The Morgan fingerprint density at radius 2 is 1.91 bits per heavy atom. The Kier molecular flexibility index (Phi) is 8.56. The molecule has 0 amide bonds. The molecule has 2 aliphatic heterocycles. The Labute approximate surface area is 260 Å². The Bertz CT molecular complexity index is 1710. The number of alkyl halides is 2. The van der Waals surface area contributed by atoms with Gasteiger partial charge in [0.05, 0.1) is 24.6 Å². The third-order valence-corrected chi connectivity index (χ3v) is 8.77. The zero-order valence-corrected chi connectivity index (χ0v) is 25.6. The molecular formula is C34H36F2N4O5. The summed E-state index contributed by atoms with van der Waals surface area (Å²) in [7, 11) is 1.34. The third-order valence-electron chi connectivity index (χ3n) is 8.77. The molecule has 0 unspecified atom stereocenters. The van der Waals surface area contributed by atoms with E-state index in [1.165, 1.54) is 35.2 Å². The number of fused-ring (bicyclic) bond motifs is 1. The van der Waals surface area contributed by atoms with E-state index in [1.807, 2.05) is 6.07 Å². The lowest BCUT2D eigenvalue weighted by Crippen LogP contribution is -2.42. The predicted octanol–water partition coefficient (Wildman–Crippen LogP) is 6.18. The average molecular weight is 619 g/mol. The normalized spacial score (nSPS) is 15.9. The summed E-state index contributed by atoms with van der Waals surface area (Å²) in [5.41, 5.74) is 5.03. The molecule has 11 heteroatoms. The summed E-state index contributed by atoms with van der Waals surface area (Å²) in [5.74, 6) is -4.08. The average Bonchev–Trinajstić information content (AvgIpc) is 3.49. The fourth-order valence-electron chi connectivity index (χ4n) is 6.35. The van der Waals surface area contributed by atoms with Gasteiger partial charge >= 0.3 is 5.97 Å². The van der Waals surface area contributed by atoms with Gasteiger partial charge in [0.25, 0.3) is 5.92 Å². The van der Waals surface area contributed by atoms with E-state index >= 15 is 0 Å². The molecule has 2 aliphatic rings. The quantitative estimate of drug-likeness (QED) is 0.238. The number of ether oxygens (including phenoxy) is 3. The smallest absolute Gasteiger partial charge is 0.342 e. The minimum atomic E-state index is -3.18. The maximum atomic E-state index is 15.0. The van der Waals surface area contributed by atoms with Crippen LogP contribution in [0.4, 0.5) is 8.78 Å². The molecule has 6 rings (SSSR count). The van der Waals surface area contributed by atoms with Crippen molar-refractivity contribution in [3.05, 3.63) is 88.1 Å². The first-order chi connectivity index (χ1) is 21.7. The van der Waals surface area contributed by atoms with Crippen molar-refractivity contribution in [1.29, 1.82) is 0 Å². The van der Waals surface area contributed by atoms with E-state index in [4.69, 9.17) is 14.2 Å². The molecule has 45 heavy (non-hydrogen) atoms. The number of nitrogens with zero attached hydrogens (tertiary/aromatic N) is 4. The van der Waals surface area contributed by atoms with Crippen molar-refractivity contribution in [1.82, 2.24) is 19.7 Å². The maximum absolute atomic E-state index is 15.0. The number of benzene rings is 2. The van der Waals surface area contributed by atoms with Gasteiger partial charge in [-0.25, -0.2) is 18.6 Å². The SMILES string of the molecule is COc1c(C(=O)O)cnn1-c1cccc(-c2cccc(C(C)(F)F)c2OCc2ccc3c(c2C)CCN(C2CCOCC2)C3)n1. The molecule has 236 valence electrons. The van der Waals surface area contributed by atoms with Crippen molar-refractivity contribution < 1.29 is 32.9 Å². The molecule has 0 radical (unpaired) electrons. The Balaban J connectivity index is 1.31. The number of carboxylic acid groups (broad SMARTS) is 1. The van der Waals surface area contributed by atoms with E-state index in [0.29, 0.717) is 17.3 Å². The number of carboxylic acids is 1. The van der Waals surface area contributed by atoms with Gasteiger partial charge in [-0.15, -0.1) is 0 Å². The lowest BCUT2D eigenvalue weighted by atomic mass is 9.90. The zero-order chi connectivity index (χ0) is 31.7. The standard InChI is InChI=1S/C34H36F2N4O5/c1-21-23(11-10-22-19-39(15-12-25(21)22)24-13-16-44-17-14-24)20-45-31-26(6-4-7-28(31)34(2,35)36)29-8-5-9-30(38-29)40-32(43-3)27(18-37-40)33(41)42/h4-11,18,24H,12-17,19-20H2,1-3H3,(H,41,42). The molecule has 0 spiro atoms. The molecule has 0 atom stereocenters. The second-order valence-corrected chi connectivity index (χ2v) is 11.6. The van der Waals surface area contributed by atoms with Gasteiger partial charge in [0.15, 0.2) is 5.82 Å². The molecule has 1 N–H and O–H groups in total. The summed E-state index contributed by atoms with van der Waals surface area (Å²) in [6, 6.07) is 14.3. The second-order valence-electron chi connectivity index (χ2n) is 11.6. The fraction of sp³-hybridized carbons (Fsp3) is 0.382. The highest BCUT2D eigenvalue weighted by Crippen LogP contribution is 2.41. The number of carbonyl (C=O) groups is 1. The van der Waals surface area contributed by atoms with Crippen molar-refractivity contribution in [3.8, 4) is 28.7 Å². The number of methoxy groups -OCH3 is 1. The van der Waals surface area contributed by atoms with Crippen LogP contribution >= 0.6 is 0 Å². The molecule has 0 aliphatic carbocycles. The van der Waals surface area contributed by atoms with Gasteiger partial charge in [0.1, 0.15) is 17.9 Å². The van der Waals surface area contributed by atoms with Crippen LogP contribution in [0.1, 0.15) is 57.9 Å². The largest absolute Gasteiger partial charge is 0.488 e. The fourth-order valence-corrected chi connectivity index (χ4v) is 6.35. The van der Waals surface area contributed by atoms with Gasteiger partial charge in [0.2, 0.25) is 5.88 Å². The van der Waals surface area contributed by atoms with Gasteiger partial charge in [-0.05, 0) is 72.7 Å². The second kappa shape index (κ2) is 12.6. The highest BCUT2D eigenvalue weighted by molar-refractivity contribution is 5.90. The Morgan fingerprint density at radius 1 is 1.13 bits per heavy atom. The first kappa shape index (κ1) is 30.7. The van der Waals surface area contributed by atoms with Gasteiger partial charge in [0, 0.05) is 44.8 Å². The van der Waals surface area contributed by atoms with Crippen molar-refractivity contribution >= 4 is 5.97 Å². The number of pyridine rings is 1. The Hall–Kier alpha value is -4.35. The number of rotatable bonds is 9. The van der Waals surface area contributed by atoms with Crippen molar-refractivity contribution in [3.63, 3.8) is 0 Å². The number of aromatic nitrogens is 3. The van der Waals surface area contributed by atoms with E-state index in [0.717, 1.165) is 63.6 Å². The van der Waals surface area contributed by atoms with Crippen LogP contribution in [0.5, 0.6) is 11.6 Å². The summed E-state index contributed by atoms with van der Waals surface area (Å²) >= 11 is 0. The Morgan fingerprint density at radius 3 is 2.64 bits per heavy atom. The van der Waals surface area contributed by atoms with Crippen LogP contribution in [0.3, 0.4) is 0 Å². The highest BCUT2D eigenvalue weighted by atomic mass is 19.3. The first-order valence-electron chi connectivity index (χ1n) is 15.0. The van der Waals surface area contributed by atoms with Gasteiger partial charge in [-0.3, -0.25) is 4.90 Å². The van der Waals surface area contributed by atoms with E-state index < -0.39 is 11.9 Å². The van der Waals surface area contributed by atoms with Crippen LogP contribution in [0, 0.1) is 6.92 Å². The molecule has 9 nitrogen and oxygen atoms in total. The molecule has 4 aromatic rings. The summed E-state index contributed by atoms with van der Waals surface area (Å²) in [4.78, 5) is 18.8. The minimum absolute atomic E-state index is 0.00349. The maximum Gasteiger partial charge on any atom is 0.342 e. The summed E-state index contributed by atoms with van der Waals surface area (Å²) in [6.07, 6.45) is 4.21. The molecule has 0 bridgehead atoms. The summed E-state index contributed by atoms with van der Waals surface area (Å²) < 4.78 is 48.3. The van der Waals surface area contributed by atoms with Crippen LogP contribution in [-0.2, 0) is 30.2 Å². The van der Waals surface area contributed by atoms with E-state index in [1.54, 1.807) is 30.3 Å². The summed E-state index contributed by atoms with van der Waals surface area (Å²) in [6.45, 7) is 6.54. The van der Waals surface area contributed by atoms with Crippen LogP contribution in [0.15, 0.2) is 54.7 Å². The third kappa shape index (κ3) is 6.14. The van der Waals surface area contributed by atoms with Crippen LogP contribution in [0.25, 0.3) is 17.1 Å². The lowest BCUT2D eigenvalue weighted by Gasteiger charge is -2.38. The molecule has 0 saturated carbocycles. The first-order valence-corrected chi connectivity index (χ1v) is 15.0.